The van der Waals surface area contributed by atoms with Gasteiger partial charge in [-0.1, -0.05) is 52.3 Å². The van der Waals surface area contributed by atoms with Gasteiger partial charge in [-0.3, -0.25) is 4.79 Å². The maximum Gasteiger partial charge on any atom is 0.209 e. The summed E-state index contributed by atoms with van der Waals surface area (Å²) in [6.45, 7) is 13.2. The zero-order valence-corrected chi connectivity index (χ0v) is 21.6. The standard InChI is InChI=1S/C27H43N3OS/c1-6-27(4)18-23(17-26(2,3)20-27)24-9-7-22(19-32-16-11-28-5)8-10-25(24)30-14-12-29(21-31)13-15-30/h7-11,16,21-23,28H,6,12-15,17-20H2,1-5H3/b16-11-. The van der Waals surface area contributed by atoms with E-state index >= 15 is 0 Å². The van der Waals surface area contributed by atoms with Crippen molar-refractivity contribution in [3.05, 3.63) is 47.2 Å². The molecule has 0 aromatic rings. The summed E-state index contributed by atoms with van der Waals surface area (Å²) < 4.78 is 0. The van der Waals surface area contributed by atoms with Gasteiger partial charge in [-0.2, -0.15) is 0 Å². The van der Waals surface area contributed by atoms with Crippen LogP contribution in [0.1, 0.15) is 53.4 Å². The third-order valence-corrected chi connectivity index (χ3v) is 8.39. The van der Waals surface area contributed by atoms with Gasteiger partial charge in [-0.15, -0.1) is 11.8 Å². The minimum atomic E-state index is 0.360. The van der Waals surface area contributed by atoms with Gasteiger partial charge >= 0.3 is 0 Å². The molecule has 32 heavy (non-hydrogen) atoms. The summed E-state index contributed by atoms with van der Waals surface area (Å²) in [5.74, 6) is 2.06. The summed E-state index contributed by atoms with van der Waals surface area (Å²) in [6, 6.07) is 0. The van der Waals surface area contributed by atoms with Crippen molar-refractivity contribution < 1.29 is 4.79 Å². The number of hydrogen-bond acceptors (Lipinski definition) is 4. The molecular formula is C27H43N3OS. The fourth-order valence-electron chi connectivity index (χ4n) is 5.91. The number of nitrogens with one attached hydrogen (secondary N) is 1. The van der Waals surface area contributed by atoms with Crippen LogP contribution in [0.3, 0.4) is 0 Å². The molecule has 178 valence electrons. The maximum absolute atomic E-state index is 11.2. The van der Waals surface area contributed by atoms with Crippen LogP contribution in [0.5, 0.6) is 0 Å². The van der Waals surface area contributed by atoms with Crippen molar-refractivity contribution >= 4 is 18.2 Å². The minimum absolute atomic E-state index is 0.360. The SMILES string of the molecule is CCC1(C)CC(C2=C(N3CCN(C=O)CC3)C=CC(CS/C=C\NC)C=C2)CC(C)(C)C1. The third kappa shape index (κ3) is 6.46. The molecule has 0 spiro atoms. The van der Waals surface area contributed by atoms with Crippen LogP contribution < -0.4 is 5.32 Å². The topological polar surface area (TPSA) is 35.6 Å². The van der Waals surface area contributed by atoms with E-state index in [1.54, 1.807) is 0 Å². The first-order valence-electron chi connectivity index (χ1n) is 12.3. The van der Waals surface area contributed by atoms with Gasteiger partial charge < -0.3 is 15.1 Å². The van der Waals surface area contributed by atoms with Crippen LogP contribution in [-0.2, 0) is 4.79 Å². The van der Waals surface area contributed by atoms with Gasteiger partial charge in [-0.05, 0) is 53.1 Å². The van der Waals surface area contributed by atoms with Crippen molar-refractivity contribution in [1.82, 2.24) is 15.1 Å². The van der Waals surface area contributed by atoms with Crippen LogP contribution in [-0.4, -0.2) is 55.2 Å². The van der Waals surface area contributed by atoms with Crippen molar-refractivity contribution in [1.29, 1.82) is 0 Å². The number of allylic oxidation sites excluding steroid dienone is 5. The second kappa shape index (κ2) is 11.0. The van der Waals surface area contributed by atoms with Gasteiger partial charge in [-0.25, -0.2) is 0 Å². The Hall–Kier alpha value is -1.62. The lowest BCUT2D eigenvalue weighted by molar-refractivity contribution is -0.119. The molecular weight excluding hydrogens is 414 g/mol. The number of amides is 1. The number of piperazine rings is 1. The van der Waals surface area contributed by atoms with Crippen molar-refractivity contribution in [2.24, 2.45) is 22.7 Å². The molecule has 0 aromatic carbocycles. The molecule has 1 aliphatic heterocycles. The van der Waals surface area contributed by atoms with E-state index in [1.807, 2.05) is 29.9 Å². The van der Waals surface area contributed by atoms with Gasteiger partial charge in [0.25, 0.3) is 0 Å². The zero-order chi connectivity index (χ0) is 23.2. The predicted octanol–water partition coefficient (Wildman–Crippen LogP) is 5.42. The van der Waals surface area contributed by atoms with Crippen molar-refractivity contribution in [2.75, 3.05) is 39.0 Å². The number of carbonyl (C=O) groups is 1. The first-order chi connectivity index (χ1) is 15.3. The Morgan fingerprint density at radius 3 is 2.50 bits per heavy atom. The fourth-order valence-corrected chi connectivity index (χ4v) is 6.69. The van der Waals surface area contributed by atoms with E-state index in [-0.39, 0.29) is 0 Å². The smallest absolute Gasteiger partial charge is 0.209 e. The summed E-state index contributed by atoms with van der Waals surface area (Å²) in [7, 11) is 1.94. The van der Waals surface area contributed by atoms with E-state index in [1.165, 1.54) is 37.0 Å². The molecule has 3 aliphatic rings. The molecule has 0 aromatic heterocycles. The van der Waals surface area contributed by atoms with Gasteiger partial charge in [0.1, 0.15) is 0 Å². The van der Waals surface area contributed by atoms with Crippen LogP contribution >= 0.6 is 11.8 Å². The third-order valence-electron chi connectivity index (χ3n) is 7.48. The molecule has 3 atom stereocenters. The summed E-state index contributed by atoms with van der Waals surface area (Å²) in [6.07, 6.45) is 17.7. The fraction of sp³-hybridized carbons (Fsp3) is 0.667. The number of hydrogen-bond donors (Lipinski definition) is 1. The van der Waals surface area contributed by atoms with Gasteiger partial charge in [0.2, 0.25) is 6.41 Å². The average molecular weight is 458 g/mol. The molecule has 2 aliphatic carbocycles. The summed E-state index contributed by atoms with van der Waals surface area (Å²) in [5.41, 5.74) is 3.68. The molecule has 5 heteroatoms. The van der Waals surface area contributed by atoms with E-state index in [4.69, 9.17) is 0 Å². The molecule has 0 bridgehead atoms. The van der Waals surface area contributed by atoms with Crippen LogP contribution in [0.2, 0.25) is 0 Å². The molecule has 1 heterocycles. The molecule has 1 saturated heterocycles. The largest absolute Gasteiger partial charge is 0.394 e. The summed E-state index contributed by atoms with van der Waals surface area (Å²) >= 11 is 1.85. The molecule has 2 fully saturated rings. The van der Waals surface area contributed by atoms with E-state index < -0.39 is 0 Å². The number of nitrogens with zero attached hydrogens (tertiary/aromatic N) is 2. The van der Waals surface area contributed by atoms with Crippen LogP contribution in [0.25, 0.3) is 0 Å². The Kier molecular flexibility index (Phi) is 8.60. The molecule has 0 radical (unpaired) electrons. The van der Waals surface area contributed by atoms with E-state index in [2.05, 4.69) is 67.6 Å². The molecule has 1 amide bonds. The van der Waals surface area contributed by atoms with E-state index in [0.717, 1.165) is 38.3 Å². The highest BCUT2D eigenvalue weighted by atomic mass is 32.2. The lowest BCUT2D eigenvalue weighted by atomic mass is 9.58. The lowest BCUT2D eigenvalue weighted by Gasteiger charge is -2.48. The average Bonchev–Trinajstić information content (AvgIpc) is 2.98. The Balaban J connectivity index is 1.89. The summed E-state index contributed by atoms with van der Waals surface area (Å²) in [4.78, 5) is 15.7. The van der Waals surface area contributed by atoms with E-state index in [9.17, 15) is 4.79 Å². The molecule has 3 rings (SSSR count). The van der Waals surface area contributed by atoms with Crippen molar-refractivity contribution in [3.8, 4) is 0 Å². The summed E-state index contributed by atoms with van der Waals surface area (Å²) in [5, 5.41) is 5.20. The highest BCUT2D eigenvalue weighted by Crippen LogP contribution is 2.53. The second-order valence-corrected chi connectivity index (χ2v) is 11.8. The molecule has 1 saturated carbocycles. The van der Waals surface area contributed by atoms with Crippen LogP contribution in [0.15, 0.2) is 47.2 Å². The van der Waals surface area contributed by atoms with Crippen molar-refractivity contribution in [2.45, 2.75) is 53.4 Å². The zero-order valence-electron chi connectivity index (χ0n) is 20.8. The van der Waals surface area contributed by atoms with E-state index in [0.29, 0.717) is 22.7 Å². The second-order valence-electron chi connectivity index (χ2n) is 10.9. The quantitative estimate of drug-likeness (QED) is 0.494. The monoisotopic (exact) mass is 457 g/mol. The van der Waals surface area contributed by atoms with Crippen molar-refractivity contribution in [3.63, 3.8) is 0 Å². The van der Waals surface area contributed by atoms with Crippen LogP contribution in [0.4, 0.5) is 0 Å². The van der Waals surface area contributed by atoms with Gasteiger partial charge in [0.15, 0.2) is 0 Å². The number of thioether (sulfide) groups is 1. The molecule has 1 N–H and O–H groups in total. The highest BCUT2D eigenvalue weighted by molar-refractivity contribution is 8.02. The minimum Gasteiger partial charge on any atom is -0.394 e. The Bertz CT molecular complexity index is 761. The number of carbonyl (C=O) groups excluding carboxylic acids is 1. The Labute approximate surface area is 200 Å². The van der Waals surface area contributed by atoms with Crippen LogP contribution in [0, 0.1) is 22.7 Å². The molecule has 3 unspecified atom stereocenters. The maximum atomic E-state index is 11.2. The Morgan fingerprint density at radius 2 is 1.84 bits per heavy atom. The first-order valence-corrected chi connectivity index (χ1v) is 13.3. The normalized spacial score (nSPS) is 30.7. The van der Waals surface area contributed by atoms with Gasteiger partial charge in [0, 0.05) is 56.8 Å². The Morgan fingerprint density at radius 1 is 1.12 bits per heavy atom. The first kappa shape index (κ1) is 25.0. The number of rotatable bonds is 8. The lowest BCUT2D eigenvalue weighted by Crippen LogP contribution is -2.45. The van der Waals surface area contributed by atoms with Gasteiger partial charge in [0.05, 0.1) is 0 Å². The predicted molar refractivity (Wildman–Crippen MR) is 138 cm³/mol. The highest BCUT2D eigenvalue weighted by Gasteiger charge is 2.41. The molecule has 4 nitrogen and oxygen atoms in total.